The van der Waals surface area contributed by atoms with Crippen LogP contribution in [-0.4, -0.2) is 39.4 Å². The number of rotatable bonds is 4. The fourth-order valence-corrected chi connectivity index (χ4v) is 2.68. The minimum atomic E-state index is -3.50. The molecular weight excluding hydrogens is 246 g/mol. The molecule has 0 amide bonds. The van der Waals surface area contributed by atoms with Crippen molar-refractivity contribution in [1.29, 1.82) is 0 Å². The van der Waals surface area contributed by atoms with Crippen molar-refractivity contribution in [3.63, 3.8) is 0 Å². The molecule has 0 saturated heterocycles. The van der Waals surface area contributed by atoms with Gasteiger partial charge in [0.2, 0.25) is 0 Å². The van der Waals surface area contributed by atoms with E-state index in [-0.39, 0.29) is 11.9 Å². The topological polar surface area (TPSA) is 95.7 Å². The molecule has 0 aromatic rings. The van der Waals surface area contributed by atoms with Crippen molar-refractivity contribution in [3.05, 3.63) is 0 Å². The van der Waals surface area contributed by atoms with Crippen LogP contribution in [0.1, 0.15) is 26.2 Å². The average molecular weight is 265 g/mol. The minimum absolute atomic E-state index is 0.246. The van der Waals surface area contributed by atoms with Gasteiger partial charge in [-0.1, -0.05) is 0 Å². The lowest BCUT2D eigenvalue weighted by Crippen LogP contribution is -2.44. The molecule has 0 heterocycles. The first kappa shape index (κ1) is 14.4. The van der Waals surface area contributed by atoms with Gasteiger partial charge in [0.25, 0.3) is 10.1 Å². The normalized spacial score (nSPS) is 29.9. The van der Waals surface area contributed by atoms with Crippen LogP contribution in [0.2, 0.25) is 0 Å². The summed E-state index contributed by atoms with van der Waals surface area (Å²) in [6, 6.07) is -0.451. The summed E-state index contributed by atoms with van der Waals surface area (Å²) < 4.78 is 31.8. The van der Waals surface area contributed by atoms with Crippen molar-refractivity contribution < 1.29 is 22.1 Å². The van der Waals surface area contributed by atoms with Crippen molar-refractivity contribution >= 4 is 16.1 Å². The molecule has 7 heteroatoms. The maximum absolute atomic E-state index is 11.5. The van der Waals surface area contributed by atoms with Gasteiger partial charge in [-0.3, -0.25) is 8.98 Å². The van der Waals surface area contributed by atoms with E-state index in [1.165, 1.54) is 0 Å². The van der Waals surface area contributed by atoms with Crippen molar-refractivity contribution in [2.45, 2.75) is 38.3 Å². The van der Waals surface area contributed by atoms with Crippen molar-refractivity contribution in [2.75, 3.05) is 12.9 Å². The summed E-state index contributed by atoms with van der Waals surface area (Å²) in [5.41, 5.74) is 5.81. The predicted octanol–water partition coefficient (Wildman–Crippen LogP) is 0.0217. The number of carbonyl (C=O) groups is 1. The van der Waals surface area contributed by atoms with E-state index < -0.39 is 22.3 Å². The fraction of sp³-hybridized carbons (Fsp3) is 0.900. The first-order chi connectivity index (χ1) is 7.83. The van der Waals surface area contributed by atoms with Crippen LogP contribution in [0.3, 0.4) is 0 Å². The van der Waals surface area contributed by atoms with E-state index in [4.69, 9.17) is 14.7 Å². The van der Waals surface area contributed by atoms with Crippen LogP contribution in [0.15, 0.2) is 0 Å². The molecule has 0 bridgehead atoms. The Balaban J connectivity index is 2.52. The minimum Gasteiger partial charge on any atom is -0.466 e. The molecule has 0 aromatic carbocycles. The third-order valence-electron chi connectivity index (χ3n) is 2.75. The Morgan fingerprint density at radius 3 is 2.53 bits per heavy atom. The molecule has 1 rings (SSSR count). The first-order valence-corrected chi connectivity index (χ1v) is 7.45. The largest absolute Gasteiger partial charge is 0.466 e. The molecule has 3 atom stereocenters. The summed E-state index contributed by atoms with van der Waals surface area (Å²) in [6.45, 7) is 2.09. The van der Waals surface area contributed by atoms with Gasteiger partial charge in [-0.05, 0) is 26.2 Å². The molecule has 17 heavy (non-hydrogen) atoms. The number of hydrogen-bond donors (Lipinski definition) is 1. The Bertz CT molecular complexity index is 367. The summed E-state index contributed by atoms with van der Waals surface area (Å²) in [5, 5.41) is 0. The van der Waals surface area contributed by atoms with Crippen LogP contribution >= 0.6 is 0 Å². The highest BCUT2D eigenvalue weighted by Crippen LogP contribution is 2.27. The molecule has 2 N–H and O–H groups in total. The molecule has 6 nitrogen and oxygen atoms in total. The Morgan fingerprint density at radius 1 is 1.41 bits per heavy atom. The van der Waals surface area contributed by atoms with Crippen LogP contribution in [0.5, 0.6) is 0 Å². The second kappa shape index (κ2) is 5.79. The molecule has 0 aliphatic heterocycles. The van der Waals surface area contributed by atoms with E-state index in [0.717, 1.165) is 6.26 Å². The molecule has 0 unspecified atom stereocenters. The van der Waals surface area contributed by atoms with E-state index in [9.17, 15) is 13.2 Å². The lowest BCUT2D eigenvalue weighted by molar-refractivity contribution is -0.149. The zero-order valence-electron chi connectivity index (χ0n) is 10.1. The van der Waals surface area contributed by atoms with Crippen LogP contribution in [-0.2, 0) is 23.8 Å². The zero-order chi connectivity index (χ0) is 13.1. The Labute approximate surface area is 102 Å². The smallest absolute Gasteiger partial charge is 0.308 e. The highest BCUT2D eigenvalue weighted by atomic mass is 32.2. The summed E-state index contributed by atoms with van der Waals surface area (Å²) in [6.07, 6.45) is 1.87. The molecule has 1 aliphatic carbocycles. The predicted molar refractivity (Wildman–Crippen MR) is 61.7 cm³/mol. The second-order valence-corrected chi connectivity index (χ2v) is 5.87. The van der Waals surface area contributed by atoms with Crippen LogP contribution in [0, 0.1) is 5.92 Å². The van der Waals surface area contributed by atoms with Crippen LogP contribution < -0.4 is 5.73 Å². The first-order valence-electron chi connectivity index (χ1n) is 5.64. The molecule has 0 radical (unpaired) electrons. The lowest BCUT2D eigenvalue weighted by Gasteiger charge is -2.31. The highest BCUT2D eigenvalue weighted by Gasteiger charge is 2.34. The number of esters is 1. The summed E-state index contributed by atoms with van der Waals surface area (Å²) in [5.74, 6) is -0.509. The van der Waals surface area contributed by atoms with E-state index in [0.29, 0.717) is 25.9 Å². The molecule has 100 valence electrons. The Morgan fingerprint density at radius 2 is 2.06 bits per heavy atom. The number of hydrogen-bond acceptors (Lipinski definition) is 6. The van der Waals surface area contributed by atoms with Crippen molar-refractivity contribution in [1.82, 2.24) is 0 Å². The maximum atomic E-state index is 11.5. The molecule has 0 aromatic heterocycles. The third kappa shape index (κ3) is 4.61. The number of carbonyl (C=O) groups excluding carboxylic acids is 1. The van der Waals surface area contributed by atoms with Crippen LogP contribution in [0.25, 0.3) is 0 Å². The van der Waals surface area contributed by atoms with Gasteiger partial charge in [0.15, 0.2) is 0 Å². The maximum Gasteiger partial charge on any atom is 0.308 e. The van der Waals surface area contributed by atoms with Gasteiger partial charge in [-0.25, -0.2) is 0 Å². The Kier molecular flexibility index (Phi) is 4.91. The molecule has 0 spiro atoms. The molecule has 1 aliphatic rings. The highest BCUT2D eigenvalue weighted by molar-refractivity contribution is 7.86. The van der Waals surface area contributed by atoms with Gasteiger partial charge in [-0.2, -0.15) is 8.42 Å². The van der Waals surface area contributed by atoms with E-state index in [2.05, 4.69) is 0 Å². The fourth-order valence-electron chi connectivity index (χ4n) is 2.00. The van der Waals surface area contributed by atoms with Gasteiger partial charge in [-0.15, -0.1) is 0 Å². The van der Waals surface area contributed by atoms with Gasteiger partial charge in [0.1, 0.15) is 0 Å². The van der Waals surface area contributed by atoms with Gasteiger partial charge < -0.3 is 10.5 Å². The van der Waals surface area contributed by atoms with E-state index >= 15 is 0 Å². The van der Waals surface area contributed by atoms with E-state index in [1.54, 1.807) is 6.92 Å². The number of nitrogens with two attached hydrogens (primary N) is 1. The summed E-state index contributed by atoms with van der Waals surface area (Å²) in [7, 11) is -3.50. The average Bonchev–Trinajstić information content (AvgIpc) is 2.19. The van der Waals surface area contributed by atoms with Gasteiger partial charge >= 0.3 is 5.97 Å². The monoisotopic (exact) mass is 265 g/mol. The van der Waals surface area contributed by atoms with Crippen molar-refractivity contribution in [3.8, 4) is 0 Å². The summed E-state index contributed by atoms with van der Waals surface area (Å²) >= 11 is 0. The van der Waals surface area contributed by atoms with Crippen molar-refractivity contribution in [2.24, 2.45) is 11.7 Å². The quantitative estimate of drug-likeness (QED) is 0.569. The summed E-state index contributed by atoms with van der Waals surface area (Å²) in [4.78, 5) is 11.5. The second-order valence-electron chi connectivity index (χ2n) is 4.26. The lowest BCUT2D eigenvalue weighted by atomic mass is 9.84. The SMILES string of the molecule is CCOC(=O)[C@H]1CC[C@@H](OS(C)(=O)=O)[C@H](N)C1. The standard InChI is InChI=1S/C10H19NO5S/c1-3-15-10(12)7-4-5-9(8(11)6-7)16-17(2,13)14/h7-9H,3-6,11H2,1-2H3/t7-,8+,9+/m0/s1. The zero-order valence-corrected chi connectivity index (χ0v) is 10.9. The molecule has 1 fully saturated rings. The Hall–Kier alpha value is -0.660. The van der Waals surface area contributed by atoms with Crippen LogP contribution in [0.4, 0.5) is 0 Å². The van der Waals surface area contributed by atoms with Gasteiger partial charge in [0, 0.05) is 6.04 Å². The number of ether oxygens (including phenoxy) is 1. The van der Waals surface area contributed by atoms with E-state index in [1.807, 2.05) is 0 Å². The van der Waals surface area contributed by atoms with Gasteiger partial charge in [0.05, 0.1) is 24.9 Å². The molecular formula is C10H19NO5S. The third-order valence-corrected chi connectivity index (χ3v) is 3.35. The molecule has 1 saturated carbocycles.